The van der Waals surface area contributed by atoms with E-state index >= 15 is 0 Å². The molecule has 2 aromatic rings. The van der Waals surface area contributed by atoms with Gasteiger partial charge in [0.2, 0.25) is 5.88 Å². The summed E-state index contributed by atoms with van der Waals surface area (Å²) in [5.41, 5.74) is 0.0170. The minimum atomic E-state index is -4.84. The summed E-state index contributed by atoms with van der Waals surface area (Å²) >= 11 is 0. The third-order valence-electron chi connectivity index (χ3n) is 7.09. The Balaban J connectivity index is 1.71. The van der Waals surface area contributed by atoms with Crippen LogP contribution in [0.15, 0.2) is 24.3 Å². The van der Waals surface area contributed by atoms with Gasteiger partial charge >= 0.3 is 18.3 Å². The molecule has 1 saturated heterocycles. The van der Waals surface area contributed by atoms with E-state index in [2.05, 4.69) is 9.84 Å². The van der Waals surface area contributed by atoms with Crippen LogP contribution >= 0.6 is 0 Å². The highest BCUT2D eigenvalue weighted by Gasteiger charge is 2.56. The number of nitrogens with zero attached hydrogens (tertiary/aromatic N) is 2. The third-order valence-corrected chi connectivity index (χ3v) is 7.09. The molecule has 1 aliphatic heterocycles. The number of carbonyl (C=O) groups is 1. The number of rotatable bonds is 9. The fourth-order valence-corrected chi connectivity index (χ4v) is 4.63. The van der Waals surface area contributed by atoms with Crippen LogP contribution in [0.2, 0.25) is 0 Å². The molecule has 1 saturated carbocycles. The summed E-state index contributed by atoms with van der Waals surface area (Å²) in [5.74, 6) is -3.84. The van der Waals surface area contributed by atoms with Crippen molar-refractivity contribution in [3.8, 4) is 5.88 Å². The predicted octanol–water partition coefficient (Wildman–Crippen LogP) is 2.46. The smallest absolute Gasteiger partial charge is 0.435 e. The second-order valence-corrected chi connectivity index (χ2v) is 9.82. The molecule has 5 atom stereocenters. The highest BCUT2D eigenvalue weighted by molar-refractivity contribution is 5.59. The zero-order chi connectivity index (χ0) is 29.2. The first-order valence-electron chi connectivity index (χ1n) is 13.1. The zero-order valence-corrected chi connectivity index (χ0v) is 22.0. The van der Waals surface area contributed by atoms with E-state index in [0.29, 0.717) is 24.8 Å². The van der Waals surface area contributed by atoms with E-state index in [1.807, 2.05) is 6.92 Å². The number of carbonyl (C=O) groups excluding carboxylic acids is 1. The van der Waals surface area contributed by atoms with E-state index in [1.165, 1.54) is 6.92 Å². The molecule has 14 heteroatoms. The number of hydrogen-bond acceptors (Lipinski definition) is 10. The van der Waals surface area contributed by atoms with Crippen molar-refractivity contribution in [2.45, 2.75) is 88.6 Å². The molecule has 2 heterocycles. The van der Waals surface area contributed by atoms with Gasteiger partial charge in [0.05, 0.1) is 18.2 Å². The molecule has 0 unspecified atom stereocenters. The number of ether oxygens (including phenoxy) is 4. The molecule has 0 bridgehead atoms. The summed E-state index contributed by atoms with van der Waals surface area (Å²) in [7, 11) is 0. The molecule has 0 spiro atoms. The molecule has 1 aromatic carbocycles. The van der Waals surface area contributed by atoms with E-state index in [9.17, 15) is 38.4 Å². The lowest BCUT2D eigenvalue weighted by molar-refractivity contribution is -0.423. The maximum absolute atomic E-state index is 14.4. The van der Waals surface area contributed by atoms with Crippen LogP contribution in [0.3, 0.4) is 0 Å². The van der Waals surface area contributed by atoms with Crippen LogP contribution in [0.25, 0.3) is 0 Å². The number of aromatic nitrogens is 2. The Kier molecular flexibility index (Phi) is 8.95. The highest BCUT2D eigenvalue weighted by atomic mass is 19.4. The van der Waals surface area contributed by atoms with Gasteiger partial charge in [0, 0.05) is 6.42 Å². The highest BCUT2D eigenvalue weighted by Crippen LogP contribution is 2.44. The summed E-state index contributed by atoms with van der Waals surface area (Å²) in [6, 6.07) is 6.36. The van der Waals surface area contributed by atoms with Crippen LogP contribution in [0.5, 0.6) is 5.88 Å². The predicted molar refractivity (Wildman–Crippen MR) is 130 cm³/mol. The minimum Gasteiger partial charge on any atom is -0.435 e. The number of halogens is 3. The largest absolute Gasteiger partial charge is 0.508 e. The lowest BCUT2D eigenvalue weighted by atomic mass is 9.93. The van der Waals surface area contributed by atoms with E-state index < -0.39 is 72.5 Å². The van der Waals surface area contributed by atoms with Crippen LogP contribution in [-0.2, 0) is 33.2 Å². The summed E-state index contributed by atoms with van der Waals surface area (Å²) < 4.78 is 64.3. The number of aryl methyl sites for hydroxylation is 1. The number of aliphatic hydroxyl groups excluding tert-OH is 3. The molecule has 4 N–H and O–H groups in total. The number of hydrogen-bond donors (Lipinski definition) is 4. The maximum atomic E-state index is 14.4. The average molecular weight is 575 g/mol. The van der Waals surface area contributed by atoms with Gasteiger partial charge in [0.1, 0.15) is 30.6 Å². The first kappa shape index (κ1) is 30.1. The molecule has 1 aliphatic carbocycles. The Morgan fingerprint density at radius 1 is 1.10 bits per heavy atom. The fourth-order valence-electron chi connectivity index (χ4n) is 4.63. The van der Waals surface area contributed by atoms with Crippen molar-refractivity contribution >= 4 is 6.16 Å². The molecule has 0 amide bonds. The molecule has 1 aromatic heterocycles. The number of alkyl halides is 3. The lowest BCUT2D eigenvalue weighted by Gasteiger charge is -2.44. The van der Waals surface area contributed by atoms with Crippen LogP contribution in [0.4, 0.5) is 18.0 Å². The minimum absolute atomic E-state index is 0.0174. The van der Waals surface area contributed by atoms with Crippen LogP contribution in [0, 0.1) is 0 Å². The number of aliphatic hydroxyl groups is 4. The molecular formula is C26H33F3N2O9. The molecule has 222 valence electrons. The molecule has 40 heavy (non-hydrogen) atoms. The monoisotopic (exact) mass is 574 g/mol. The SMILES string of the molecule is CCOC(=O)OC[C@H]1O[C@](O)(Oc2nn(C3CCC3)c(C(F)(F)F)c2Cc2ccc(CC)cc2)[C@H](O)[C@@H](O)[C@@H]1O. The normalized spacial score (nSPS) is 27.2. The first-order chi connectivity index (χ1) is 18.9. The lowest BCUT2D eigenvalue weighted by Crippen LogP contribution is -2.67. The quantitative estimate of drug-likeness (QED) is 0.260. The van der Waals surface area contributed by atoms with Gasteiger partial charge in [0.15, 0.2) is 6.10 Å². The Labute approximate surface area is 228 Å². The summed E-state index contributed by atoms with van der Waals surface area (Å²) in [4.78, 5) is 11.6. The average Bonchev–Trinajstić information content (AvgIpc) is 3.20. The van der Waals surface area contributed by atoms with E-state index in [0.717, 1.165) is 16.7 Å². The van der Waals surface area contributed by atoms with Crippen molar-refractivity contribution in [3.63, 3.8) is 0 Å². The van der Waals surface area contributed by atoms with Crippen LogP contribution < -0.4 is 4.74 Å². The maximum Gasteiger partial charge on any atom is 0.508 e. The molecular weight excluding hydrogens is 541 g/mol. The Hall–Kier alpha value is -2.91. The summed E-state index contributed by atoms with van der Waals surface area (Å²) in [6.45, 7) is 2.71. The van der Waals surface area contributed by atoms with Crippen molar-refractivity contribution in [1.29, 1.82) is 0 Å². The molecule has 0 radical (unpaired) electrons. The van der Waals surface area contributed by atoms with E-state index in [4.69, 9.17) is 14.2 Å². The first-order valence-corrected chi connectivity index (χ1v) is 13.1. The van der Waals surface area contributed by atoms with Gasteiger partial charge in [-0.05, 0) is 43.7 Å². The molecule has 2 fully saturated rings. The van der Waals surface area contributed by atoms with Crippen molar-refractivity contribution in [3.05, 3.63) is 46.6 Å². The van der Waals surface area contributed by atoms with Crippen molar-refractivity contribution in [2.75, 3.05) is 13.2 Å². The molecule has 11 nitrogen and oxygen atoms in total. The zero-order valence-electron chi connectivity index (χ0n) is 22.0. The third kappa shape index (κ3) is 6.20. The van der Waals surface area contributed by atoms with Crippen molar-refractivity contribution in [1.82, 2.24) is 9.78 Å². The van der Waals surface area contributed by atoms with Crippen molar-refractivity contribution < 1.29 is 57.3 Å². The Bertz CT molecular complexity index is 1170. The Morgan fingerprint density at radius 3 is 2.30 bits per heavy atom. The van der Waals surface area contributed by atoms with Gasteiger partial charge in [-0.15, -0.1) is 5.10 Å². The van der Waals surface area contributed by atoms with Gasteiger partial charge in [-0.25, -0.2) is 4.79 Å². The van der Waals surface area contributed by atoms with Gasteiger partial charge in [0.25, 0.3) is 0 Å². The fraction of sp³-hybridized carbons (Fsp3) is 0.615. The number of benzene rings is 1. The second kappa shape index (κ2) is 11.9. The Morgan fingerprint density at radius 2 is 1.75 bits per heavy atom. The molecule has 2 aliphatic rings. The van der Waals surface area contributed by atoms with Gasteiger partial charge in [-0.2, -0.15) is 13.2 Å². The van der Waals surface area contributed by atoms with Crippen molar-refractivity contribution in [2.24, 2.45) is 0 Å². The van der Waals surface area contributed by atoms with Gasteiger partial charge < -0.3 is 39.4 Å². The van der Waals surface area contributed by atoms with E-state index in [-0.39, 0.29) is 13.0 Å². The van der Waals surface area contributed by atoms with E-state index in [1.54, 1.807) is 24.3 Å². The second-order valence-electron chi connectivity index (χ2n) is 9.82. The summed E-state index contributed by atoms with van der Waals surface area (Å²) in [5, 5.41) is 46.4. The topological polar surface area (TPSA) is 153 Å². The van der Waals surface area contributed by atoms with Gasteiger partial charge in [-0.3, -0.25) is 4.68 Å². The summed E-state index contributed by atoms with van der Waals surface area (Å²) in [6.07, 6.45) is -11.8. The van der Waals surface area contributed by atoms with Crippen LogP contribution in [-0.4, -0.2) is 80.0 Å². The standard InChI is InChI=1S/C26H33F3N2O9/c1-3-14-8-10-15(11-9-14)12-17-21(25(27,28)29)31(16-6-5-7-16)30-23(17)40-26(36)22(34)20(33)19(32)18(39-26)13-38-24(35)37-4-2/h8-11,16,18-20,22,32-34,36H,3-7,12-13H2,1-2H3/t18-,19-,20+,22-,26+/m1/s1. The van der Waals surface area contributed by atoms with Gasteiger partial charge in [-0.1, -0.05) is 31.2 Å². The molecule has 4 rings (SSSR count). The van der Waals surface area contributed by atoms with Crippen LogP contribution in [0.1, 0.15) is 61.5 Å².